The highest BCUT2D eigenvalue weighted by Gasteiger charge is 2.16. The molecule has 1 atom stereocenters. The number of nitrogens with one attached hydrogen (secondary N) is 1. The molecule has 0 amide bonds. The van der Waals surface area contributed by atoms with Gasteiger partial charge in [0.25, 0.3) is 0 Å². The van der Waals surface area contributed by atoms with Gasteiger partial charge in [-0.3, -0.25) is 5.84 Å². The predicted molar refractivity (Wildman–Crippen MR) is 73.9 cm³/mol. The second kappa shape index (κ2) is 6.57. The highest BCUT2D eigenvalue weighted by molar-refractivity contribution is 5.22. The lowest BCUT2D eigenvalue weighted by molar-refractivity contribution is 0.165. The average molecular weight is 246 g/mol. The van der Waals surface area contributed by atoms with E-state index in [1.807, 2.05) is 0 Å². The van der Waals surface area contributed by atoms with Crippen molar-refractivity contribution in [1.29, 1.82) is 0 Å². The van der Waals surface area contributed by atoms with Crippen molar-refractivity contribution in [2.24, 2.45) is 5.84 Å². The van der Waals surface area contributed by atoms with Crippen LogP contribution in [0.5, 0.6) is 0 Å². The molecule has 0 aromatic heterocycles. The lowest BCUT2D eigenvalue weighted by Gasteiger charge is -2.23. The Hall–Kier alpha value is -1.32. The Balaban J connectivity index is 1.92. The van der Waals surface area contributed by atoms with Gasteiger partial charge >= 0.3 is 0 Å². The molecule has 18 heavy (non-hydrogen) atoms. The van der Waals surface area contributed by atoms with Gasteiger partial charge < -0.3 is 4.74 Å². The first-order chi connectivity index (χ1) is 8.79. The van der Waals surface area contributed by atoms with Crippen LogP contribution in [0.15, 0.2) is 36.1 Å². The summed E-state index contributed by atoms with van der Waals surface area (Å²) in [5.41, 5.74) is 5.52. The molecule has 1 aliphatic heterocycles. The molecule has 3 N–H and O–H groups in total. The smallest absolute Gasteiger partial charge is 0.110 e. The monoisotopic (exact) mass is 246 g/mol. The Morgan fingerprint density at radius 3 is 3.00 bits per heavy atom. The molecule has 1 aliphatic rings. The van der Waals surface area contributed by atoms with Gasteiger partial charge in [-0.2, -0.15) is 0 Å². The highest BCUT2D eigenvalue weighted by Crippen LogP contribution is 2.17. The van der Waals surface area contributed by atoms with Gasteiger partial charge in [-0.1, -0.05) is 29.8 Å². The lowest BCUT2D eigenvalue weighted by Crippen LogP contribution is -2.38. The van der Waals surface area contributed by atoms with E-state index in [1.54, 1.807) is 0 Å². The van der Waals surface area contributed by atoms with E-state index in [-0.39, 0.29) is 6.04 Å². The van der Waals surface area contributed by atoms with Crippen molar-refractivity contribution < 1.29 is 4.74 Å². The quantitative estimate of drug-likeness (QED) is 0.619. The van der Waals surface area contributed by atoms with Gasteiger partial charge in [-0.15, -0.1) is 0 Å². The molecule has 0 saturated carbocycles. The Kier molecular flexibility index (Phi) is 4.79. The molecule has 0 aliphatic carbocycles. The molecule has 3 nitrogen and oxygen atoms in total. The van der Waals surface area contributed by atoms with Crippen molar-refractivity contribution in [3.63, 3.8) is 0 Å². The van der Waals surface area contributed by atoms with E-state index < -0.39 is 0 Å². The normalized spacial score (nSPS) is 16.9. The molecule has 1 aromatic rings. The van der Waals surface area contributed by atoms with E-state index in [2.05, 4.69) is 42.7 Å². The molecule has 0 fully saturated rings. The number of hydrogen-bond acceptors (Lipinski definition) is 3. The molecule has 1 unspecified atom stereocenters. The van der Waals surface area contributed by atoms with Crippen molar-refractivity contribution in [1.82, 2.24) is 5.43 Å². The fourth-order valence-corrected chi connectivity index (χ4v) is 2.31. The van der Waals surface area contributed by atoms with Crippen LogP contribution in [-0.2, 0) is 11.2 Å². The number of aryl methyl sites for hydroxylation is 2. The van der Waals surface area contributed by atoms with E-state index >= 15 is 0 Å². The van der Waals surface area contributed by atoms with Crippen molar-refractivity contribution in [2.45, 2.75) is 38.6 Å². The standard InChI is InChI=1S/C15H22N2O/c1-12-5-4-6-13(11-12)8-9-14(17-16)15-7-2-3-10-18-15/h4-7,11,14,17H,2-3,8-10,16H2,1H3. The van der Waals surface area contributed by atoms with Gasteiger partial charge in [0.05, 0.1) is 12.6 Å². The van der Waals surface area contributed by atoms with Crippen LogP contribution in [0.25, 0.3) is 0 Å². The first kappa shape index (κ1) is 13.1. The van der Waals surface area contributed by atoms with Gasteiger partial charge in [0, 0.05) is 0 Å². The van der Waals surface area contributed by atoms with E-state index in [1.165, 1.54) is 11.1 Å². The molecule has 0 radical (unpaired) electrons. The van der Waals surface area contributed by atoms with Crippen LogP contribution in [0.2, 0.25) is 0 Å². The van der Waals surface area contributed by atoms with Gasteiger partial charge in [0.2, 0.25) is 0 Å². The minimum atomic E-state index is 0.130. The largest absolute Gasteiger partial charge is 0.497 e. The van der Waals surface area contributed by atoms with Crippen molar-refractivity contribution in [3.05, 3.63) is 47.2 Å². The summed E-state index contributed by atoms with van der Waals surface area (Å²) >= 11 is 0. The molecule has 1 heterocycles. The minimum Gasteiger partial charge on any atom is -0.497 e. The minimum absolute atomic E-state index is 0.130. The maximum atomic E-state index is 5.66. The summed E-state index contributed by atoms with van der Waals surface area (Å²) in [6.07, 6.45) is 6.34. The van der Waals surface area contributed by atoms with E-state index in [9.17, 15) is 0 Å². The zero-order valence-corrected chi connectivity index (χ0v) is 11.0. The van der Waals surface area contributed by atoms with Crippen molar-refractivity contribution >= 4 is 0 Å². The Morgan fingerprint density at radius 1 is 1.44 bits per heavy atom. The van der Waals surface area contributed by atoms with Gasteiger partial charge in [0.1, 0.15) is 5.76 Å². The molecular weight excluding hydrogens is 224 g/mol. The van der Waals surface area contributed by atoms with E-state index in [4.69, 9.17) is 10.6 Å². The number of rotatable bonds is 5. The first-order valence-corrected chi connectivity index (χ1v) is 6.64. The third-order valence-corrected chi connectivity index (χ3v) is 3.31. The van der Waals surface area contributed by atoms with E-state index in [0.29, 0.717) is 0 Å². The predicted octanol–water partition coefficient (Wildman–Crippen LogP) is 2.45. The van der Waals surface area contributed by atoms with Crippen LogP contribution >= 0.6 is 0 Å². The molecule has 1 aromatic carbocycles. The molecule has 0 spiro atoms. The number of benzene rings is 1. The molecule has 2 rings (SSSR count). The second-order valence-corrected chi connectivity index (χ2v) is 4.84. The first-order valence-electron chi connectivity index (χ1n) is 6.64. The molecular formula is C15H22N2O. The summed E-state index contributed by atoms with van der Waals surface area (Å²) in [6, 6.07) is 8.74. The summed E-state index contributed by atoms with van der Waals surface area (Å²) in [4.78, 5) is 0. The zero-order valence-electron chi connectivity index (χ0n) is 11.0. The van der Waals surface area contributed by atoms with Crippen LogP contribution < -0.4 is 11.3 Å². The Labute approximate surface area is 109 Å². The summed E-state index contributed by atoms with van der Waals surface area (Å²) < 4.78 is 5.66. The topological polar surface area (TPSA) is 47.3 Å². The summed E-state index contributed by atoms with van der Waals surface area (Å²) in [5, 5.41) is 0. The fourth-order valence-electron chi connectivity index (χ4n) is 2.31. The fraction of sp³-hybridized carbons (Fsp3) is 0.467. The lowest BCUT2D eigenvalue weighted by atomic mass is 10.0. The molecule has 3 heteroatoms. The van der Waals surface area contributed by atoms with Gasteiger partial charge in [-0.05, 0) is 44.2 Å². The third-order valence-electron chi connectivity index (χ3n) is 3.31. The maximum absolute atomic E-state index is 5.66. The molecule has 0 bridgehead atoms. The zero-order chi connectivity index (χ0) is 12.8. The van der Waals surface area contributed by atoms with Crippen LogP contribution in [0, 0.1) is 6.92 Å². The number of nitrogens with two attached hydrogens (primary N) is 1. The van der Waals surface area contributed by atoms with Crippen LogP contribution in [0.4, 0.5) is 0 Å². The SMILES string of the molecule is Cc1cccc(CCC(NN)C2=CCCCO2)c1. The average Bonchev–Trinajstić information content (AvgIpc) is 2.41. The number of hydrazine groups is 1. The molecule has 0 saturated heterocycles. The Bertz CT molecular complexity index is 415. The summed E-state index contributed by atoms with van der Waals surface area (Å²) in [6.45, 7) is 2.93. The maximum Gasteiger partial charge on any atom is 0.110 e. The van der Waals surface area contributed by atoms with Gasteiger partial charge in [-0.25, -0.2) is 5.43 Å². The summed E-state index contributed by atoms with van der Waals surface area (Å²) in [5.74, 6) is 6.64. The number of ether oxygens (including phenoxy) is 1. The second-order valence-electron chi connectivity index (χ2n) is 4.84. The van der Waals surface area contributed by atoms with Gasteiger partial charge in [0.15, 0.2) is 0 Å². The van der Waals surface area contributed by atoms with E-state index in [0.717, 1.165) is 38.0 Å². The summed E-state index contributed by atoms with van der Waals surface area (Å²) in [7, 11) is 0. The van der Waals surface area contributed by atoms with Crippen molar-refractivity contribution in [3.8, 4) is 0 Å². The number of allylic oxidation sites excluding steroid dienone is 1. The van der Waals surface area contributed by atoms with Crippen LogP contribution in [-0.4, -0.2) is 12.6 Å². The third kappa shape index (κ3) is 3.59. The van der Waals surface area contributed by atoms with Crippen molar-refractivity contribution in [2.75, 3.05) is 6.61 Å². The highest BCUT2D eigenvalue weighted by atomic mass is 16.5. The Morgan fingerprint density at radius 2 is 2.33 bits per heavy atom. The number of hydrogen-bond donors (Lipinski definition) is 2. The molecule has 98 valence electrons. The van der Waals surface area contributed by atoms with Crippen LogP contribution in [0.1, 0.15) is 30.4 Å². The van der Waals surface area contributed by atoms with Crippen LogP contribution in [0.3, 0.4) is 0 Å².